The maximum atomic E-state index is 11.8. The van der Waals surface area contributed by atoms with Gasteiger partial charge in [0.1, 0.15) is 5.82 Å². The highest BCUT2D eigenvalue weighted by atomic mass is 16.1. The molecule has 0 saturated carbocycles. The van der Waals surface area contributed by atoms with Crippen LogP contribution in [0.1, 0.15) is 37.4 Å². The first kappa shape index (κ1) is 14.6. The summed E-state index contributed by atoms with van der Waals surface area (Å²) in [5.41, 5.74) is 5.79. The molecular weight excluding hydrogens is 274 g/mol. The minimum absolute atomic E-state index is 0.132. The van der Waals surface area contributed by atoms with Gasteiger partial charge in [-0.25, -0.2) is 15.0 Å². The summed E-state index contributed by atoms with van der Waals surface area (Å²) >= 11 is 0. The second-order valence-corrected chi connectivity index (χ2v) is 5.99. The molecule has 0 saturated heterocycles. The van der Waals surface area contributed by atoms with Gasteiger partial charge in [-0.05, 0) is 39.3 Å². The van der Waals surface area contributed by atoms with Crippen molar-refractivity contribution >= 4 is 22.5 Å². The van der Waals surface area contributed by atoms with Crippen LogP contribution in [0.25, 0.3) is 10.9 Å². The number of hydrogen-bond donors (Lipinski definition) is 0. The first-order valence-electron chi connectivity index (χ1n) is 7.45. The van der Waals surface area contributed by atoms with Gasteiger partial charge in [0.2, 0.25) is 0 Å². The van der Waals surface area contributed by atoms with Gasteiger partial charge in [0.05, 0.1) is 5.52 Å². The van der Waals surface area contributed by atoms with E-state index in [1.165, 1.54) is 5.56 Å². The SMILES string of the molecule is CC1=C(C)C(=O)N=C(Cc2nc(C)c3ccc(C)cc3n2)C1. The Balaban J connectivity index is 1.95. The standard InChI is InChI=1S/C18H19N3O/c1-10-5-6-15-13(4)19-17(21-16(15)7-10)9-14-8-11(2)12(3)18(22)20-14/h5-7H,8-9H2,1-4H3. The van der Waals surface area contributed by atoms with Gasteiger partial charge in [0, 0.05) is 35.2 Å². The lowest BCUT2D eigenvalue weighted by Gasteiger charge is -2.14. The Bertz CT molecular complexity index is 847. The Morgan fingerprint density at radius 3 is 2.59 bits per heavy atom. The topological polar surface area (TPSA) is 55.2 Å². The average Bonchev–Trinajstić information content (AvgIpc) is 2.44. The minimum atomic E-state index is -0.132. The molecule has 4 nitrogen and oxygen atoms in total. The van der Waals surface area contributed by atoms with Crippen LogP contribution in [0, 0.1) is 13.8 Å². The van der Waals surface area contributed by atoms with Crippen LogP contribution in [0.5, 0.6) is 0 Å². The largest absolute Gasteiger partial charge is 0.272 e. The van der Waals surface area contributed by atoms with Gasteiger partial charge in [-0.3, -0.25) is 4.79 Å². The van der Waals surface area contributed by atoms with Crippen molar-refractivity contribution in [1.82, 2.24) is 9.97 Å². The molecule has 0 unspecified atom stereocenters. The van der Waals surface area contributed by atoms with Crippen LogP contribution in [-0.2, 0) is 11.2 Å². The molecular formula is C18H19N3O. The fourth-order valence-electron chi connectivity index (χ4n) is 2.71. The van der Waals surface area contributed by atoms with E-state index in [1.807, 2.05) is 20.8 Å². The van der Waals surface area contributed by atoms with E-state index in [2.05, 4.69) is 40.1 Å². The monoisotopic (exact) mass is 293 g/mol. The van der Waals surface area contributed by atoms with Gasteiger partial charge in [0.25, 0.3) is 5.91 Å². The van der Waals surface area contributed by atoms with Gasteiger partial charge in [-0.1, -0.05) is 17.7 Å². The van der Waals surface area contributed by atoms with Crippen molar-refractivity contribution in [1.29, 1.82) is 0 Å². The van der Waals surface area contributed by atoms with Crippen LogP contribution in [0.4, 0.5) is 0 Å². The average molecular weight is 293 g/mol. The Hall–Kier alpha value is -2.36. The molecule has 0 fully saturated rings. The van der Waals surface area contributed by atoms with E-state index >= 15 is 0 Å². The number of dihydropyridines is 1. The summed E-state index contributed by atoms with van der Waals surface area (Å²) in [6.07, 6.45) is 1.26. The zero-order valence-electron chi connectivity index (χ0n) is 13.4. The second-order valence-electron chi connectivity index (χ2n) is 5.99. The molecule has 1 aliphatic rings. The maximum Gasteiger partial charge on any atom is 0.272 e. The number of carbonyl (C=O) groups excluding carboxylic acids is 1. The van der Waals surface area contributed by atoms with Gasteiger partial charge in [-0.15, -0.1) is 0 Å². The molecule has 2 aromatic rings. The molecule has 0 N–H and O–H groups in total. The lowest BCUT2D eigenvalue weighted by Crippen LogP contribution is -2.16. The number of aliphatic imine (C=N–C) groups is 1. The number of allylic oxidation sites excluding steroid dienone is 1. The molecule has 0 atom stereocenters. The van der Waals surface area contributed by atoms with Crippen LogP contribution in [0.3, 0.4) is 0 Å². The molecule has 0 aliphatic carbocycles. The number of benzene rings is 1. The molecule has 3 rings (SSSR count). The van der Waals surface area contributed by atoms with E-state index in [9.17, 15) is 4.79 Å². The minimum Gasteiger partial charge on any atom is -0.267 e. The highest BCUT2D eigenvalue weighted by Gasteiger charge is 2.18. The lowest BCUT2D eigenvalue weighted by molar-refractivity contribution is -0.114. The predicted molar refractivity (Wildman–Crippen MR) is 88.1 cm³/mol. The Morgan fingerprint density at radius 1 is 1.09 bits per heavy atom. The third kappa shape index (κ3) is 2.69. The Labute approximate surface area is 130 Å². The zero-order valence-corrected chi connectivity index (χ0v) is 13.4. The first-order valence-corrected chi connectivity index (χ1v) is 7.45. The molecule has 1 amide bonds. The highest BCUT2D eigenvalue weighted by molar-refractivity contribution is 6.07. The van der Waals surface area contributed by atoms with E-state index in [-0.39, 0.29) is 5.91 Å². The highest BCUT2D eigenvalue weighted by Crippen LogP contribution is 2.20. The number of hydrogen-bond acceptors (Lipinski definition) is 3. The van der Waals surface area contributed by atoms with Crippen molar-refractivity contribution in [3.8, 4) is 0 Å². The van der Waals surface area contributed by atoms with Crippen LogP contribution < -0.4 is 0 Å². The quantitative estimate of drug-likeness (QED) is 0.851. The predicted octanol–water partition coefficient (Wildman–Crippen LogP) is 3.50. The van der Waals surface area contributed by atoms with Crippen LogP contribution >= 0.6 is 0 Å². The summed E-state index contributed by atoms with van der Waals surface area (Å²) < 4.78 is 0. The van der Waals surface area contributed by atoms with E-state index in [1.54, 1.807) is 0 Å². The molecule has 112 valence electrons. The number of rotatable bonds is 2. The van der Waals surface area contributed by atoms with Gasteiger partial charge >= 0.3 is 0 Å². The van der Waals surface area contributed by atoms with E-state index in [4.69, 9.17) is 0 Å². The molecule has 1 aromatic heterocycles. The second kappa shape index (κ2) is 5.44. The van der Waals surface area contributed by atoms with Crippen molar-refractivity contribution in [3.63, 3.8) is 0 Å². The van der Waals surface area contributed by atoms with Crippen molar-refractivity contribution < 1.29 is 4.79 Å². The smallest absolute Gasteiger partial charge is 0.267 e. The van der Waals surface area contributed by atoms with Crippen LogP contribution in [0.15, 0.2) is 34.3 Å². The molecule has 1 aliphatic heterocycles. The molecule has 0 bridgehead atoms. The van der Waals surface area contributed by atoms with Gasteiger partial charge in [-0.2, -0.15) is 0 Å². The fourth-order valence-corrected chi connectivity index (χ4v) is 2.71. The Kier molecular flexibility index (Phi) is 3.61. The summed E-state index contributed by atoms with van der Waals surface area (Å²) in [5, 5.41) is 1.07. The van der Waals surface area contributed by atoms with Crippen molar-refractivity contribution in [2.45, 2.75) is 40.5 Å². The number of amides is 1. The van der Waals surface area contributed by atoms with Crippen molar-refractivity contribution in [3.05, 3.63) is 46.4 Å². The fraction of sp³-hybridized carbons (Fsp3) is 0.333. The number of aryl methyl sites for hydroxylation is 2. The maximum absolute atomic E-state index is 11.8. The number of fused-ring (bicyclic) bond motifs is 1. The molecule has 22 heavy (non-hydrogen) atoms. The lowest BCUT2D eigenvalue weighted by atomic mass is 9.99. The summed E-state index contributed by atoms with van der Waals surface area (Å²) in [6, 6.07) is 6.19. The molecule has 1 aromatic carbocycles. The molecule has 0 radical (unpaired) electrons. The van der Waals surface area contributed by atoms with E-state index in [0.717, 1.165) is 45.7 Å². The zero-order chi connectivity index (χ0) is 15.9. The van der Waals surface area contributed by atoms with Gasteiger partial charge < -0.3 is 0 Å². The number of nitrogens with zero attached hydrogens (tertiary/aromatic N) is 3. The summed E-state index contributed by atoms with van der Waals surface area (Å²) in [6.45, 7) is 7.86. The molecule has 0 spiro atoms. The number of carbonyl (C=O) groups is 1. The third-order valence-electron chi connectivity index (χ3n) is 4.14. The molecule has 2 heterocycles. The van der Waals surface area contributed by atoms with E-state index < -0.39 is 0 Å². The first-order chi connectivity index (χ1) is 10.4. The summed E-state index contributed by atoms with van der Waals surface area (Å²) in [4.78, 5) is 25.2. The third-order valence-corrected chi connectivity index (χ3v) is 4.14. The summed E-state index contributed by atoms with van der Waals surface area (Å²) in [5.74, 6) is 0.599. The van der Waals surface area contributed by atoms with Crippen molar-refractivity contribution in [2.24, 2.45) is 4.99 Å². The van der Waals surface area contributed by atoms with Crippen molar-refractivity contribution in [2.75, 3.05) is 0 Å². The van der Waals surface area contributed by atoms with Crippen LogP contribution in [-0.4, -0.2) is 21.6 Å². The molecule has 4 heteroatoms. The van der Waals surface area contributed by atoms with E-state index in [0.29, 0.717) is 6.42 Å². The van der Waals surface area contributed by atoms with Gasteiger partial charge in [0.15, 0.2) is 0 Å². The Morgan fingerprint density at radius 2 is 1.86 bits per heavy atom. The summed E-state index contributed by atoms with van der Waals surface area (Å²) in [7, 11) is 0. The normalized spacial score (nSPS) is 15.5. The van der Waals surface area contributed by atoms with Crippen LogP contribution in [0.2, 0.25) is 0 Å². The number of aromatic nitrogens is 2.